The average Bonchev–Trinajstić information content (AvgIpc) is 2.50. The fourth-order valence-electron chi connectivity index (χ4n) is 1.77. The third kappa shape index (κ3) is 3.26. The van der Waals surface area contributed by atoms with Crippen LogP contribution in [0.3, 0.4) is 0 Å². The second-order valence-corrected chi connectivity index (χ2v) is 3.97. The van der Waals surface area contributed by atoms with Crippen molar-refractivity contribution in [1.82, 2.24) is 10.3 Å². The van der Waals surface area contributed by atoms with Gasteiger partial charge in [-0.2, -0.15) is 0 Å². The summed E-state index contributed by atoms with van der Waals surface area (Å²) in [6.45, 7) is 1.15. The number of pyridine rings is 1. The summed E-state index contributed by atoms with van der Waals surface area (Å²) in [6.07, 6.45) is 9.09. The lowest BCUT2D eigenvalue weighted by Crippen LogP contribution is -2.30. The number of amidine groups is 1. The van der Waals surface area contributed by atoms with E-state index < -0.39 is 0 Å². The molecule has 0 unspecified atom stereocenters. The summed E-state index contributed by atoms with van der Waals surface area (Å²) in [4.78, 5) is 4.33. The summed E-state index contributed by atoms with van der Waals surface area (Å²) in [5.41, 5.74) is 6.49. The zero-order valence-corrected chi connectivity index (χ0v) is 9.61. The summed E-state index contributed by atoms with van der Waals surface area (Å²) in [7, 11) is 0. The Morgan fingerprint density at radius 1 is 1.47 bits per heavy atom. The first-order chi connectivity index (χ1) is 8.25. The molecule has 0 aromatic carbocycles. The lowest BCUT2D eigenvalue weighted by Gasteiger charge is -2.03. The van der Waals surface area contributed by atoms with E-state index in [0.717, 1.165) is 23.5 Å². The van der Waals surface area contributed by atoms with Crippen molar-refractivity contribution in [2.24, 2.45) is 5.73 Å². The third-order valence-electron chi connectivity index (χ3n) is 2.55. The second-order valence-electron chi connectivity index (χ2n) is 3.97. The number of nitrogens with zero attached hydrogens (tertiary/aromatic N) is 1. The van der Waals surface area contributed by atoms with Crippen LogP contribution in [-0.4, -0.2) is 23.9 Å². The molecule has 17 heavy (non-hydrogen) atoms. The summed E-state index contributed by atoms with van der Waals surface area (Å²) in [5.74, 6) is 0.160. The van der Waals surface area contributed by atoms with Gasteiger partial charge < -0.3 is 11.1 Å². The van der Waals surface area contributed by atoms with Gasteiger partial charge >= 0.3 is 0 Å². The molecule has 1 aliphatic carbocycles. The first-order valence-electron chi connectivity index (χ1n) is 5.61. The molecular weight excluding hydrogens is 212 g/mol. The van der Waals surface area contributed by atoms with Crippen LogP contribution in [0.1, 0.15) is 6.42 Å². The molecule has 2 rings (SSSR count). The molecule has 1 heterocycles. The Morgan fingerprint density at radius 3 is 3.18 bits per heavy atom. The number of aromatic nitrogens is 1. The normalized spacial score (nSPS) is 13.8. The van der Waals surface area contributed by atoms with Gasteiger partial charge in [0.25, 0.3) is 0 Å². The fourth-order valence-corrected chi connectivity index (χ4v) is 1.77. The van der Waals surface area contributed by atoms with E-state index in [2.05, 4.69) is 34.6 Å². The molecule has 0 fully saturated rings. The largest absolute Gasteiger partial charge is 0.387 e. The quantitative estimate of drug-likeness (QED) is 0.480. The third-order valence-corrected chi connectivity index (χ3v) is 2.55. The second kappa shape index (κ2) is 5.41. The number of fused-ring (bicyclic) bond motifs is 1. The highest BCUT2D eigenvalue weighted by molar-refractivity contribution is 5.79. The minimum atomic E-state index is 0.160. The minimum Gasteiger partial charge on any atom is -0.387 e. The number of rotatable bonds is 4. The first-order valence-corrected chi connectivity index (χ1v) is 5.61. The molecular formula is C13H16N4. The Bertz CT molecular complexity index is 557. The van der Waals surface area contributed by atoms with Gasteiger partial charge in [0, 0.05) is 18.0 Å². The van der Waals surface area contributed by atoms with Crippen LogP contribution in [0.15, 0.2) is 30.0 Å². The van der Waals surface area contributed by atoms with Crippen molar-refractivity contribution >= 4 is 18.0 Å². The van der Waals surface area contributed by atoms with Crippen LogP contribution in [0.4, 0.5) is 0 Å². The molecule has 0 aliphatic heterocycles. The van der Waals surface area contributed by atoms with Crippen LogP contribution in [-0.2, 0) is 0 Å². The summed E-state index contributed by atoms with van der Waals surface area (Å²) in [5, 5.41) is 12.4. The van der Waals surface area contributed by atoms with Gasteiger partial charge in [-0.3, -0.25) is 10.4 Å². The minimum absolute atomic E-state index is 0.160. The molecule has 4 nitrogen and oxygen atoms in total. The van der Waals surface area contributed by atoms with Crippen molar-refractivity contribution in [3.8, 4) is 0 Å². The van der Waals surface area contributed by atoms with E-state index in [1.165, 1.54) is 5.57 Å². The Balaban J connectivity index is 2.13. The highest BCUT2D eigenvalue weighted by atomic mass is 14.9. The van der Waals surface area contributed by atoms with Gasteiger partial charge in [0.15, 0.2) is 0 Å². The Kier molecular flexibility index (Phi) is 3.67. The Hall–Kier alpha value is -1.94. The number of allylic oxidation sites excluding steroid dienone is 1. The van der Waals surface area contributed by atoms with Crippen LogP contribution in [0, 0.1) is 5.41 Å². The zero-order chi connectivity index (χ0) is 12.1. The Morgan fingerprint density at radius 2 is 2.35 bits per heavy atom. The molecule has 0 bridgehead atoms. The predicted molar refractivity (Wildman–Crippen MR) is 69.9 cm³/mol. The topological polar surface area (TPSA) is 74.8 Å². The fraction of sp³-hybridized carbons (Fsp3) is 0.231. The molecule has 4 N–H and O–H groups in total. The van der Waals surface area contributed by atoms with Gasteiger partial charge in [-0.1, -0.05) is 18.2 Å². The van der Waals surface area contributed by atoms with E-state index in [1.54, 1.807) is 0 Å². The molecule has 0 radical (unpaired) electrons. The van der Waals surface area contributed by atoms with Crippen LogP contribution >= 0.6 is 0 Å². The molecule has 0 spiro atoms. The molecule has 88 valence electrons. The molecule has 1 aliphatic rings. The van der Waals surface area contributed by atoms with E-state index in [0.29, 0.717) is 6.54 Å². The van der Waals surface area contributed by atoms with Crippen LogP contribution in [0.2, 0.25) is 0 Å². The Labute approximate surface area is 100 Å². The monoisotopic (exact) mass is 228 g/mol. The maximum absolute atomic E-state index is 7.14. The van der Waals surface area contributed by atoms with Crippen molar-refractivity contribution < 1.29 is 0 Å². The van der Waals surface area contributed by atoms with E-state index in [4.69, 9.17) is 11.1 Å². The van der Waals surface area contributed by atoms with Crippen LogP contribution in [0.5, 0.6) is 0 Å². The maximum atomic E-state index is 7.14. The van der Waals surface area contributed by atoms with Crippen molar-refractivity contribution in [2.75, 3.05) is 13.1 Å². The lowest BCUT2D eigenvalue weighted by atomic mass is 10.2. The summed E-state index contributed by atoms with van der Waals surface area (Å²) < 4.78 is 0. The molecule has 0 saturated carbocycles. The van der Waals surface area contributed by atoms with Gasteiger partial charge in [0.05, 0.1) is 11.9 Å². The average molecular weight is 228 g/mol. The number of nitrogens with one attached hydrogen (secondary N) is 2. The van der Waals surface area contributed by atoms with E-state index in [1.807, 2.05) is 12.3 Å². The highest BCUT2D eigenvalue weighted by Crippen LogP contribution is 1.99. The zero-order valence-electron chi connectivity index (χ0n) is 9.61. The van der Waals surface area contributed by atoms with Gasteiger partial charge in [0.2, 0.25) is 0 Å². The smallest absolute Gasteiger partial charge is 0.105 e. The van der Waals surface area contributed by atoms with E-state index in [9.17, 15) is 0 Å². The van der Waals surface area contributed by atoms with Crippen molar-refractivity contribution in [1.29, 1.82) is 5.41 Å². The van der Waals surface area contributed by atoms with Crippen LogP contribution in [0.25, 0.3) is 12.2 Å². The highest BCUT2D eigenvalue weighted by Gasteiger charge is 1.98. The molecule has 1 aromatic rings. The molecule has 0 amide bonds. The van der Waals surface area contributed by atoms with Crippen molar-refractivity contribution in [3.63, 3.8) is 0 Å². The summed E-state index contributed by atoms with van der Waals surface area (Å²) >= 11 is 0. The number of nitrogens with two attached hydrogens (primary N) is 1. The van der Waals surface area contributed by atoms with Gasteiger partial charge in [-0.15, -0.1) is 0 Å². The van der Waals surface area contributed by atoms with Crippen molar-refractivity contribution in [3.05, 3.63) is 40.5 Å². The predicted octanol–water partition coefficient (Wildman–Crippen LogP) is -0.502. The van der Waals surface area contributed by atoms with Gasteiger partial charge in [-0.05, 0) is 24.1 Å². The molecule has 1 aromatic heterocycles. The lowest BCUT2D eigenvalue weighted by molar-refractivity contribution is 0.841. The molecule has 4 heteroatoms. The van der Waals surface area contributed by atoms with Crippen molar-refractivity contribution in [2.45, 2.75) is 6.42 Å². The SMILES string of the molecule is N=C(N)CNCC1=CCC=c2ncccc2=C1. The standard InChI is InChI=1S/C13H16N4/c14-13(15)9-16-8-10-3-1-5-12-11(7-10)4-2-6-17-12/h2-7,16H,1,8-9H2,(H3,14,15). The van der Waals surface area contributed by atoms with E-state index >= 15 is 0 Å². The van der Waals surface area contributed by atoms with E-state index in [-0.39, 0.29) is 5.84 Å². The van der Waals surface area contributed by atoms with Crippen LogP contribution < -0.4 is 21.6 Å². The van der Waals surface area contributed by atoms with Gasteiger partial charge in [0.1, 0.15) is 5.84 Å². The first kappa shape index (κ1) is 11.5. The number of hydrogen-bond donors (Lipinski definition) is 3. The number of hydrogen-bond acceptors (Lipinski definition) is 3. The maximum Gasteiger partial charge on any atom is 0.105 e. The molecule has 0 saturated heterocycles. The summed E-state index contributed by atoms with van der Waals surface area (Å²) in [6, 6.07) is 4.00. The molecule has 0 atom stereocenters. The van der Waals surface area contributed by atoms with Gasteiger partial charge in [-0.25, -0.2) is 0 Å².